The van der Waals surface area contributed by atoms with Gasteiger partial charge in [0.15, 0.2) is 0 Å². The molecule has 0 saturated heterocycles. The first-order valence-electron chi connectivity index (χ1n) is 15.2. The first-order chi connectivity index (χ1) is 20.6. The number of benzene rings is 5. The van der Waals surface area contributed by atoms with Gasteiger partial charge in [-0.05, 0) is 50.2 Å². The van der Waals surface area contributed by atoms with Crippen molar-refractivity contribution in [3.8, 4) is 32.9 Å². The molecular weight excluding hydrogens is 432 g/mol. The minimum atomic E-state index is -0.547. The molecule has 34 heavy (non-hydrogen) atoms. The van der Waals surface area contributed by atoms with Crippen LogP contribution in [0.3, 0.4) is 0 Å². The second-order valence-corrected chi connectivity index (χ2v) is 8.77. The van der Waals surface area contributed by atoms with Gasteiger partial charge >= 0.3 is 0 Å². The van der Waals surface area contributed by atoms with E-state index in [2.05, 4.69) is 0 Å². The lowest BCUT2D eigenvalue weighted by Gasteiger charge is -2.17. The van der Waals surface area contributed by atoms with Gasteiger partial charge in [0, 0.05) is 21.4 Å². The van der Waals surface area contributed by atoms with E-state index in [0.717, 1.165) is 15.8 Å². The fourth-order valence-corrected chi connectivity index (χ4v) is 5.41. The average Bonchev–Trinajstić information content (AvgIpc) is 3.68. The van der Waals surface area contributed by atoms with Gasteiger partial charge in [-0.1, -0.05) is 103 Å². The summed E-state index contributed by atoms with van der Waals surface area (Å²) in [5, 5.41) is 4.00. The first-order valence-corrected chi connectivity index (χ1v) is 11.6. The van der Waals surface area contributed by atoms with E-state index in [1.54, 1.807) is 24.3 Å². The topological polar surface area (TPSA) is 13.1 Å². The Balaban J connectivity index is 1.80. The molecule has 0 aliphatic heterocycles. The molecule has 0 saturated carbocycles. The van der Waals surface area contributed by atoms with Gasteiger partial charge in [-0.25, -0.2) is 0 Å². The molecule has 0 radical (unpaired) electrons. The molecule has 2 heteroatoms. The smallest absolute Gasteiger partial charge is 0.145 e. The van der Waals surface area contributed by atoms with Gasteiger partial charge in [-0.3, -0.25) is 0 Å². The lowest BCUT2D eigenvalue weighted by Crippen LogP contribution is -1.90. The van der Waals surface area contributed by atoms with Crippen molar-refractivity contribution < 1.29 is 16.8 Å². The Hall–Kier alpha value is -4.14. The van der Waals surface area contributed by atoms with E-state index in [1.165, 1.54) is 11.3 Å². The maximum absolute atomic E-state index is 9.13. The fourth-order valence-electron chi connectivity index (χ4n) is 4.63. The Kier molecular flexibility index (Phi) is 2.81. The minimum absolute atomic E-state index is 0.0517. The third-order valence-corrected chi connectivity index (χ3v) is 6.88. The monoisotopic (exact) mass is 461 g/mol. The highest BCUT2D eigenvalue weighted by Crippen LogP contribution is 2.49. The molecule has 0 spiro atoms. The Labute approximate surface area is 214 Å². The van der Waals surface area contributed by atoms with Crippen LogP contribution in [-0.4, -0.2) is 0 Å². The van der Waals surface area contributed by atoms with E-state index in [-0.39, 0.29) is 34.0 Å². The maximum atomic E-state index is 9.13. The predicted octanol–water partition coefficient (Wildman–Crippen LogP) is 9.80. The Morgan fingerprint density at radius 2 is 1.21 bits per heavy atom. The number of para-hydroxylation sites is 1. The summed E-state index contributed by atoms with van der Waals surface area (Å²) in [5.41, 5.74) is 1.83. The molecular formula is C32H20OS. The number of fused-ring (bicyclic) bond motifs is 3. The van der Waals surface area contributed by atoms with Crippen molar-refractivity contribution >= 4 is 43.9 Å². The third-order valence-electron chi connectivity index (χ3n) is 5.99. The number of hydrogen-bond donors (Lipinski definition) is 0. The van der Waals surface area contributed by atoms with Gasteiger partial charge in [-0.15, -0.1) is 11.3 Å². The van der Waals surface area contributed by atoms with E-state index in [9.17, 15) is 0 Å². The lowest BCUT2D eigenvalue weighted by molar-refractivity contribution is 0.634. The molecule has 0 aliphatic rings. The summed E-state index contributed by atoms with van der Waals surface area (Å²) < 4.78 is 84.3. The highest BCUT2D eigenvalue weighted by molar-refractivity contribution is 7.13. The second-order valence-electron chi connectivity index (χ2n) is 7.83. The quantitative estimate of drug-likeness (QED) is 0.239. The van der Waals surface area contributed by atoms with E-state index in [4.69, 9.17) is 16.8 Å². The van der Waals surface area contributed by atoms with Crippen molar-refractivity contribution in [1.29, 1.82) is 0 Å². The molecule has 7 rings (SSSR count). The molecule has 0 fully saturated rings. The summed E-state index contributed by atoms with van der Waals surface area (Å²) >= 11 is 1.52. The summed E-state index contributed by atoms with van der Waals surface area (Å²) in [6.07, 6.45) is 0. The van der Waals surface area contributed by atoms with Crippen molar-refractivity contribution in [2.24, 2.45) is 0 Å². The van der Waals surface area contributed by atoms with Crippen LogP contribution in [0.2, 0.25) is 0 Å². The molecule has 0 bridgehead atoms. The van der Waals surface area contributed by atoms with E-state index in [0.29, 0.717) is 27.7 Å². The van der Waals surface area contributed by atoms with Gasteiger partial charge in [0.05, 0.1) is 12.3 Å². The van der Waals surface area contributed by atoms with Crippen molar-refractivity contribution in [2.75, 3.05) is 0 Å². The molecule has 0 aliphatic carbocycles. The standard InChI is InChI=1S/C32H20OS/c1-2-11-21(12-3-1)29-22-13-4-6-15-24(22)30(25-16-7-5-14-23(25)29)32-31(28-19-10-20-34-28)26-17-8-9-18-27(26)33-32/h1-20H/i1D,2D,3D,4D,6D,11D,12D,13D,15D. The summed E-state index contributed by atoms with van der Waals surface area (Å²) in [5.74, 6) is 0.419. The van der Waals surface area contributed by atoms with Crippen molar-refractivity contribution in [2.45, 2.75) is 0 Å². The van der Waals surface area contributed by atoms with Crippen molar-refractivity contribution in [3.63, 3.8) is 0 Å². The SMILES string of the molecule is [2H]c1c([2H])c([2H])c(-c2c3ccccc3c(-c3oc4ccccc4c3-c3cccs3)c3c([2H])c([2H])c([2H])c([2H])c23)c([2H])c1[2H]. The predicted molar refractivity (Wildman–Crippen MR) is 145 cm³/mol. The van der Waals surface area contributed by atoms with Crippen LogP contribution in [0.25, 0.3) is 65.4 Å². The lowest BCUT2D eigenvalue weighted by atomic mass is 9.86. The zero-order valence-electron chi connectivity index (χ0n) is 26.7. The molecule has 0 unspecified atom stereocenters. The second kappa shape index (κ2) is 7.72. The van der Waals surface area contributed by atoms with Crippen LogP contribution in [0.4, 0.5) is 0 Å². The largest absolute Gasteiger partial charge is 0.455 e. The molecule has 160 valence electrons. The van der Waals surface area contributed by atoms with Crippen LogP contribution in [-0.2, 0) is 0 Å². The summed E-state index contributed by atoms with van der Waals surface area (Å²) in [6, 6.07) is 14.4. The molecule has 0 atom stereocenters. The normalized spacial score (nSPS) is 15.2. The van der Waals surface area contributed by atoms with Gasteiger partial charge in [0.2, 0.25) is 0 Å². The van der Waals surface area contributed by atoms with Crippen LogP contribution < -0.4 is 0 Å². The average molecular weight is 462 g/mol. The van der Waals surface area contributed by atoms with Gasteiger partial charge < -0.3 is 4.42 Å². The fraction of sp³-hybridized carbons (Fsp3) is 0. The van der Waals surface area contributed by atoms with Crippen LogP contribution in [0.1, 0.15) is 12.3 Å². The zero-order valence-corrected chi connectivity index (χ0v) is 18.5. The van der Waals surface area contributed by atoms with Crippen LogP contribution in [0.5, 0.6) is 0 Å². The molecule has 2 heterocycles. The van der Waals surface area contributed by atoms with Gasteiger partial charge in [0.25, 0.3) is 0 Å². The van der Waals surface area contributed by atoms with Crippen LogP contribution >= 0.6 is 11.3 Å². The van der Waals surface area contributed by atoms with E-state index >= 15 is 0 Å². The molecule has 2 aromatic heterocycles. The van der Waals surface area contributed by atoms with Crippen molar-refractivity contribution in [3.05, 3.63) is 120 Å². The highest BCUT2D eigenvalue weighted by Gasteiger charge is 2.23. The zero-order chi connectivity index (χ0) is 30.3. The number of hydrogen-bond acceptors (Lipinski definition) is 2. The summed E-state index contributed by atoms with van der Waals surface area (Å²) in [7, 11) is 0. The van der Waals surface area contributed by atoms with Crippen molar-refractivity contribution in [1.82, 2.24) is 0 Å². The molecule has 5 aromatic carbocycles. The van der Waals surface area contributed by atoms with E-state index in [1.807, 2.05) is 41.8 Å². The highest BCUT2D eigenvalue weighted by atomic mass is 32.1. The van der Waals surface area contributed by atoms with Gasteiger partial charge in [0.1, 0.15) is 11.3 Å². The Bertz CT molecular complexity index is 2260. The first kappa shape index (κ1) is 12.4. The van der Waals surface area contributed by atoms with E-state index < -0.39 is 42.3 Å². The molecule has 0 amide bonds. The Morgan fingerprint density at radius 3 is 1.94 bits per heavy atom. The maximum Gasteiger partial charge on any atom is 0.145 e. The number of furan rings is 1. The summed E-state index contributed by atoms with van der Waals surface area (Å²) in [4.78, 5) is 0.910. The molecule has 7 aromatic rings. The van der Waals surface area contributed by atoms with Crippen LogP contribution in [0.15, 0.2) is 125 Å². The number of thiophene rings is 1. The Morgan fingerprint density at radius 1 is 0.559 bits per heavy atom. The third kappa shape index (κ3) is 2.86. The van der Waals surface area contributed by atoms with Gasteiger partial charge in [-0.2, -0.15) is 0 Å². The van der Waals surface area contributed by atoms with Crippen LogP contribution in [0, 0.1) is 0 Å². The molecule has 1 nitrogen and oxygen atoms in total. The minimum Gasteiger partial charge on any atom is -0.455 e. The summed E-state index contributed by atoms with van der Waals surface area (Å²) in [6.45, 7) is 0. The molecule has 0 N–H and O–H groups in total. The number of rotatable bonds is 3.